The second kappa shape index (κ2) is 5.87. The fourth-order valence-corrected chi connectivity index (χ4v) is 3.36. The zero-order valence-corrected chi connectivity index (χ0v) is 12.4. The Bertz CT molecular complexity index is 522. The largest absolute Gasteiger partial charge is 0.480 e. The quantitative estimate of drug-likeness (QED) is 0.915. The number of carboxylic acids is 1. The van der Waals surface area contributed by atoms with E-state index >= 15 is 0 Å². The van der Waals surface area contributed by atoms with Crippen LogP contribution in [0.5, 0.6) is 0 Å². The lowest BCUT2D eigenvalue weighted by Gasteiger charge is -2.32. The molecule has 2 fully saturated rings. The van der Waals surface area contributed by atoms with Crippen LogP contribution < -0.4 is 9.80 Å². The molecule has 0 radical (unpaired) electrons. The molecule has 0 amide bonds. The van der Waals surface area contributed by atoms with Crippen LogP contribution in [0.25, 0.3) is 0 Å². The minimum atomic E-state index is -0.765. The number of hydrogen-bond donors (Lipinski definition) is 1. The molecule has 0 aliphatic carbocycles. The maximum Gasteiger partial charge on any atom is 0.326 e. The fourth-order valence-electron chi connectivity index (χ4n) is 3.36. The molecule has 3 rings (SSSR count). The van der Waals surface area contributed by atoms with Gasteiger partial charge in [0.15, 0.2) is 0 Å². The van der Waals surface area contributed by atoms with Crippen LogP contribution in [-0.2, 0) is 4.79 Å². The number of carboxylic acid groups (broad SMARTS) is 1. The minimum absolute atomic E-state index is 0.451. The highest BCUT2D eigenvalue weighted by atomic mass is 16.4. The predicted molar refractivity (Wildman–Crippen MR) is 80.6 cm³/mol. The second-order valence-corrected chi connectivity index (χ2v) is 6.12. The number of aliphatic carboxylic acids is 1. The van der Waals surface area contributed by atoms with Crippen molar-refractivity contribution in [1.29, 1.82) is 0 Å². The summed E-state index contributed by atoms with van der Waals surface area (Å²) in [5, 5.41) is 9.30. The SMILES string of the molecule is CC1CCCN(c2cc(N3CCC[C@H]3C(=O)O)ncn2)C1. The van der Waals surface area contributed by atoms with Gasteiger partial charge in [0.25, 0.3) is 0 Å². The summed E-state index contributed by atoms with van der Waals surface area (Å²) in [4.78, 5) is 24.2. The Morgan fingerprint density at radius 1 is 1.24 bits per heavy atom. The van der Waals surface area contributed by atoms with Crippen molar-refractivity contribution in [2.45, 2.75) is 38.6 Å². The van der Waals surface area contributed by atoms with Crippen molar-refractivity contribution < 1.29 is 9.90 Å². The third-order valence-electron chi connectivity index (χ3n) is 4.45. The third kappa shape index (κ3) is 2.94. The summed E-state index contributed by atoms with van der Waals surface area (Å²) in [6, 6.07) is 1.49. The number of piperidine rings is 1. The summed E-state index contributed by atoms with van der Waals surface area (Å²) < 4.78 is 0. The van der Waals surface area contributed by atoms with Crippen molar-refractivity contribution in [2.75, 3.05) is 29.4 Å². The van der Waals surface area contributed by atoms with E-state index in [2.05, 4.69) is 21.8 Å². The van der Waals surface area contributed by atoms with Gasteiger partial charge in [-0.3, -0.25) is 0 Å². The molecule has 0 aromatic carbocycles. The molecule has 0 bridgehead atoms. The molecule has 1 unspecified atom stereocenters. The number of rotatable bonds is 3. The van der Waals surface area contributed by atoms with Crippen LogP contribution in [0, 0.1) is 5.92 Å². The molecule has 6 heteroatoms. The van der Waals surface area contributed by atoms with Crippen molar-refractivity contribution in [3.8, 4) is 0 Å². The van der Waals surface area contributed by atoms with Crippen molar-refractivity contribution in [2.24, 2.45) is 5.92 Å². The van der Waals surface area contributed by atoms with Crippen molar-refractivity contribution in [1.82, 2.24) is 9.97 Å². The lowest BCUT2D eigenvalue weighted by atomic mass is 10.0. The second-order valence-electron chi connectivity index (χ2n) is 6.12. The van der Waals surface area contributed by atoms with Crippen LogP contribution in [0.4, 0.5) is 11.6 Å². The Morgan fingerprint density at radius 2 is 2.00 bits per heavy atom. The highest BCUT2D eigenvalue weighted by Crippen LogP contribution is 2.27. The Hall–Kier alpha value is -1.85. The smallest absolute Gasteiger partial charge is 0.326 e. The molecule has 1 aromatic rings. The van der Waals surface area contributed by atoms with Gasteiger partial charge in [-0.15, -0.1) is 0 Å². The van der Waals surface area contributed by atoms with E-state index in [-0.39, 0.29) is 0 Å². The summed E-state index contributed by atoms with van der Waals surface area (Å²) in [5.41, 5.74) is 0. The highest BCUT2D eigenvalue weighted by Gasteiger charge is 2.32. The topological polar surface area (TPSA) is 69.6 Å². The van der Waals surface area contributed by atoms with Crippen molar-refractivity contribution in [3.05, 3.63) is 12.4 Å². The molecule has 1 aromatic heterocycles. The van der Waals surface area contributed by atoms with Crippen LogP contribution in [0.1, 0.15) is 32.6 Å². The molecule has 1 N–H and O–H groups in total. The Balaban J connectivity index is 1.81. The molecule has 2 atom stereocenters. The third-order valence-corrected chi connectivity index (χ3v) is 4.45. The molecule has 0 saturated carbocycles. The molecule has 2 aliphatic rings. The first kappa shape index (κ1) is 14.1. The van der Waals surface area contributed by atoms with Gasteiger partial charge >= 0.3 is 5.97 Å². The van der Waals surface area contributed by atoms with Gasteiger partial charge in [0.2, 0.25) is 0 Å². The number of carbonyl (C=O) groups is 1. The van der Waals surface area contributed by atoms with E-state index in [1.165, 1.54) is 12.8 Å². The Morgan fingerprint density at radius 3 is 2.76 bits per heavy atom. The van der Waals surface area contributed by atoms with Crippen LogP contribution in [0.3, 0.4) is 0 Å². The van der Waals surface area contributed by atoms with Crippen molar-refractivity contribution in [3.63, 3.8) is 0 Å². The van der Waals surface area contributed by atoms with Gasteiger partial charge in [0.05, 0.1) is 0 Å². The number of anilines is 2. The summed E-state index contributed by atoms with van der Waals surface area (Å²) in [6.07, 6.45) is 5.59. The van der Waals surface area contributed by atoms with Crippen LogP contribution in [-0.4, -0.2) is 46.7 Å². The lowest BCUT2D eigenvalue weighted by Crippen LogP contribution is -2.37. The van der Waals surface area contributed by atoms with E-state index in [0.29, 0.717) is 12.3 Å². The lowest BCUT2D eigenvalue weighted by molar-refractivity contribution is -0.138. The average molecular weight is 290 g/mol. The van der Waals surface area contributed by atoms with E-state index in [9.17, 15) is 9.90 Å². The minimum Gasteiger partial charge on any atom is -0.480 e. The fraction of sp³-hybridized carbons (Fsp3) is 0.667. The normalized spacial score (nSPS) is 26.1. The zero-order chi connectivity index (χ0) is 14.8. The molecule has 3 heterocycles. The molecular formula is C15H22N4O2. The first-order valence-corrected chi connectivity index (χ1v) is 7.71. The van der Waals surface area contributed by atoms with Gasteiger partial charge in [-0.25, -0.2) is 14.8 Å². The van der Waals surface area contributed by atoms with E-state index in [0.717, 1.165) is 37.7 Å². The van der Waals surface area contributed by atoms with Crippen LogP contribution >= 0.6 is 0 Å². The molecule has 6 nitrogen and oxygen atoms in total. The Labute approximate surface area is 124 Å². The van der Waals surface area contributed by atoms with E-state index in [4.69, 9.17) is 0 Å². The Kier molecular flexibility index (Phi) is 3.94. The van der Waals surface area contributed by atoms with Gasteiger partial charge in [0.1, 0.15) is 24.0 Å². The number of aromatic nitrogens is 2. The first-order chi connectivity index (χ1) is 10.1. The van der Waals surface area contributed by atoms with Gasteiger partial charge < -0.3 is 14.9 Å². The number of hydrogen-bond acceptors (Lipinski definition) is 5. The molecule has 21 heavy (non-hydrogen) atoms. The van der Waals surface area contributed by atoms with E-state index in [1.54, 1.807) is 6.33 Å². The van der Waals surface area contributed by atoms with E-state index in [1.807, 2.05) is 11.0 Å². The summed E-state index contributed by atoms with van der Waals surface area (Å²) >= 11 is 0. The molecule has 2 saturated heterocycles. The predicted octanol–water partition coefficient (Wildman–Crippen LogP) is 1.77. The van der Waals surface area contributed by atoms with E-state index < -0.39 is 12.0 Å². The van der Waals surface area contributed by atoms with Crippen LogP contribution in [0.15, 0.2) is 12.4 Å². The monoisotopic (exact) mass is 290 g/mol. The maximum atomic E-state index is 11.3. The van der Waals surface area contributed by atoms with Gasteiger partial charge in [-0.1, -0.05) is 6.92 Å². The van der Waals surface area contributed by atoms with Crippen LogP contribution in [0.2, 0.25) is 0 Å². The average Bonchev–Trinajstić information content (AvgIpc) is 2.97. The summed E-state index contributed by atoms with van der Waals surface area (Å²) in [5.74, 6) is 1.57. The molecule has 0 spiro atoms. The zero-order valence-electron chi connectivity index (χ0n) is 12.4. The maximum absolute atomic E-state index is 11.3. The molecular weight excluding hydrogens is 268 g/mol. The number of nitrogens with zero attached hydrogens (tertiary/aromatic N) is 4. The highest BCUT2D eigenvalue weighted by molar-refractivity contribution is 5.78. The molecule has 2 aliphatic heterocycles. The van der Waals surface area contributed by atoms with Gasteiger partial charge in [-0.05, 0) is 31.6 Å². The van der Waals surface area contributed by atoms with Gasteiger partial charge in [0, 0.05) is 25.7 Å². The standard InChI is InChI=1S/C15H22N4O2/c1-11-4-2-6-18(9-11)13-8-14(17-10-16-13)19-7-3-5-12(19)15(20)21/h8,10-12H,2-7,9H2,1H3,(H,20,21)/t11?,12-/m0/s1. The first-order valence-electron chi connectivity index (χ1n) is 7.71. The van der Waals surface area contributed by atoms with Gasteiger partial charge in [-0.2, -0.15) is 0 Å². The van der Waals surface area contributed by atoms with Crippen molar-refractivity contribution >= 4 is 17.6 Å². The summed E-state index contributed by atoms with van der Waals surface area (Å²) in [6.45, 7) is 5.04. The summed E-state index contributed by atoms with van der Waals surface area (Å²) in [7, 11) is 0. The molecule has 114 valence electrons.